The first-order valence-electron chi connectivity index (χ1n) is 5.44. The minimum Gasteiger partial charge on any atom is -0.103 e. The lowest BCUT2D eigenvalue weighted by Gasteiger charge is -2.32. The van der Waals surface area contributed by atoms with Crippen LogP contribution in [-0.4, -0.2) is 0 Å². The molecule has 0 aliphatic heterocycles. The Bertz CT molecular complexity index is 222. The summed E-state index contributed by atoms with van der Waals surface area (Å²) in [6.45, 7) is 18.5. The minimum atomic E-state index is 0.217. The van der Waals surface area contributed by atoms with Gasteiger partial charge in [0.1, 0.15) is 0 Å². The summed E-state index contributed by atoms with van der Waals surface area (Å²) < 4.78 is 0. The third-order valence-corrected chi connectivity index (χ3v) is 2.95. The van der Waals surface area contributed by atoms with Gasteiger partial charge in [-0.25, -0.2) is 0 Å². The van der Waals surface area contributed by atoms with Gasteiger partial charge in [-0.15, -0.1) is 6.58 Å². The van der Waals surface area contributed by atoms with Gasteiger partial charge < -0.3 is 0 Å². The molecule has 0 fully saturated rings. The van der Waals surface area contributed by atoms with Crippen molar-refractivity contribution in [3.8, 4) is 0 Å². The van der Waals surface area contributed by atoms with Crippen molar-refractivity contribution in [2.24, 2.45) is 5.41 Å². The second-order valence-corrected chi connectivity index (χ2v) is 4.40. The molecule has 0 heteroatoms. The van der Waals surface area contributed by atoms with E-state index in [9.17, 15) is 0 Å². The molecule has 0 radical (unpaired) electrons. The van der Waals surface area contributed by atoms with Gasteiger partial charge in [-0.05, 0) is 37.2 Å². The van der Waals surface area contributed by atoms with Gasteiger partial charge in [-0.3, -0.25) is 0 Å². The predicted octanol–water partition coefficient (Wildman–Crippen LogP) is 4.89. The van der Waals surface area contributed by atoms with E-state index in [1.54, 1.807) is 0 Å². The number of hydrogen-bond acceptors (Lipinski definition) is 0. The molecule has 0 heterocycles. The van der Waals surface area contributed by atoms with Crippen LogP contribution in [0.25, 0.3) is 0 Å². The quantitative estimate of drug-likeness (QED) is 0.398. The molecule has 0 N–H and O–H groups in total. The summed E-state index contributed by atoms with van der Waals surface area (Å²) in [4.78, 5) is 0. The molecule has 0 nitrogen and oxygen atoms in total. The molecular formula is C14H24. The monoisotopic (exact) mass is 192 g/mol. The molecule has 0 amide bonds. The van der Waals surface area contributed by atoms with Crippen LogP contribution in [0.1, 0.15) is 46.5 Å². The maximum Gasteiger partial charge on any atom is -0.00759 e. The fourth-order valence-corrected chi connectivity index (χ4v) is 1.91. The second-order valence-electron chi connectivity index (χ2n) is 4.40. The van der Waals surface area contributed by atoms with Crippen LogP contribution < -0.4 is 0 Å². The molecule has 0 aromatic rings. The zero-order valence-electron chi connectivity index (χ0n) is 10.0. The molecule has 14 heavy (non-hydrogen) atoms. The lowest BCUT2D eigenvalue weighted by Crippen LogP contribution is -2.19. The average molecular weight is 192 g/mol. The number of rotatable bonds is 7. The number of allylic oxidation sites excluding steroid dienone is 3. The van der Waals surface area contributed by atoms with E-state index in [0.29, 0.717) is 0 Å². The molecule has 1 unspecified atom stereocenters. The highest BCUT2D eigenvalue weighted by atomic mass is 14.3. The topological polar surface area (TPSA) is 0 Å². The van der Waals surface area contributed by atoms with Gasteiger partial charge in [0.15, 0.2) is 0 Å². The molecule has 0 aliphatic rings. The van der Waals surface area contributed by atoms with Crippen molar-refractivity contribution in [2.75, 3.05) is 0 Å². The minimum absolute atomic E-state index is 0.217. The van der Waals surface area contributed by atoms with Crippen molar-refractivity contribution < 1.29 is 0 Å². The summed E-state index contributed by atoms with van der Waals surface area (Å²) in [5.41, 5.74) is 2.54. The summed E-state index contributed by atoms with van der Waals surface area (Å²) in [6.07, 6.45) is 6.56. The molecule has 0 saturated carbocycles. The van der Waals surface area contributed by atoms with Gasteiger partial charge in [0.05, 0.1) is 0 Å². The molecule has 0 bridgehead atoms. The second kappa shape index (κ2) is 5.85. The summed E-state index contributed by atoms with van der Waals surface area (Å²) in [7, 11) is 0. The zero-order valence-corrected chi connectivity index (χ0v) is 10.0. The molecule has 0 spiro atoms. The van der Waals surface area contributed by atoms with Crippen molar-refractivity contribution in [3.63, 3.8) is 0 Å². The van der Waals surface area contributed by atoms with Crippen LogP contribution in [0, 0.1) is 5.41 Å². The first kappa shape index (κ1) is 13.2. The normalized spacial score (nSPS) is 14.5. The standard InChI is InChI=1S/C14H24/c1-7-9-11-14(6,10-8-2)13(5)12(3)4/h7H,1,3,5,8-11H2,2,4,6H3. The van der Waals surface area contributed by atoms with Crippen LogP contribution >= 0.6 is 0 Å². The van der Waals surface area contributed by atoms with E-state index in [1.165, 1.54) is 18.4 Å². The Balaban J connectivity index is 4.60. The molecule has 0 aromatic heterocycles. The Labute approximate surface area is 89.4 Å². The first-order chi connectivity index (χ1) is 6.48. The molecule has 0 aromatic carbocycles. The molecule has 0 aliphatic carbocycles. The van der Waals surface area contributed by atoms with Gasteiger partial charge in [0.2, 0.25) is 0 Å². The summed E-state index contributed by atoms with van der Waals surface area (Å²) >= 11 is 0. The van der Waals surface area contributed by atoms with Gasteiger partial charge in [-0.2, -0.15) is 0 Å². The SMILES string of the molecule is C=CCCC(C)(CCC)C(=C)C(=C)C. The molecule has 1 atom stereocenters. The van der Waals surface area contributed by atoms with Crippen LogP contribution in [0.2, 0.25) is 0 Å². The summed E-state index contributed by atoms with van der Waals surface area (Å²) in [5, 5.41) is 0. The fraction of sp³-hybridized carbons (Fsp3) is 0.571. The molecule has 0 rings (SSSR count). The van der Waals surface area contributed by atoms with Crippen LogP contribution in [0.15, 0.2) is 37.0 Å². The summed E-state index contributed by atoms with van der Waals surface area (Å²) in [5.74, 6) is 0. The van der Waals surface area contributed by atoms with E-state index in [4.69, 9.17) is 0 Å². The maximum absolute atomic E-state index is 4.16. The average Bonchev–Trinajstić information content (AvgIpc) is 2.14. The van der Waals surface area contributed by atoms with Gasteiger partial charge >= 0.3 is 0 Å². The predicted molar refractivity (Wildman–Crippen MR) is 66.4 cm³/mol. The Morgan fingerprint density at radius 2 is 1.86 bits per heavy atom. The Kier molecular flexibility index (Phi) is 5.52. The highest BCUT2D eigenvalue weighted by Gasteiger charge is 2.25. The third kappa shape index (κ3) is 3.53. The van der Waals surface area contributed by atoms with Crippen molar-refractivity contribution in [3.05, 3.63) is 37.0 Å². The van der Waals surface area contributed by atoms with Crippen molar-refractivity contribution >= 4 is 0 Å². The zero-order chi connectivity index (χ0) is 11.2. The first-order valence-corrected chi connectivity index (χ1v) is 5.44. The van der Waals surface area contributed by atoms with E-state index < -0.39 is 0 Å². The van der Waals surface area contributed by atoms with Gasteiger partial charge in [0.25, 0.3) is 0 Å². The fourth-order valence-electron chi connectivity index (χ4n) is 1.91. The van der Waals surface area contributed by atoms with Crippen molar-refractivity contribution in [1.82, 2.24) is 0 Å². The Morgan fingerprint density at radius 1 is 1.29 bits per heavy atom. The number of hydrogen-bond donors (Lipinski definition) is 0. The van der Waals surface area contributed by atoms with E-state index in [0.717, 1.165) is 18.4 Å². The Morgan fingerprint density at radius 3 is 2.21 bits per heavy atom. The highest BCUT2D eigenvalue weighted by molar-refractivity contribution is 5.29. The smallest absolute Gasteiger partial charge is 0.00759 e. The van der Waals surface area contributed by atoms with Gasteiger partial charge in [-0.1, -0.05) is 45.1 Å². The van der Waals surface area contributed by atoms with E-state index in [1.807, 2.05) is 13.0 Å². The largest absolute Gasteiger partial charge is 0.103 e. The van der Waals surface area contributed by atoms with Crippen molar-refractivity contribution in [1.29, 1.82) is 0 Å². The van der Waals surface area contributed by atoms with E-state index in [2.05, 4.69) is 33.6 Å². The lowest BCUT2D eigenvalue weighted by atomic mass is 9.73. The highest BCUT2D eigenvalue weighted by Crippen LogP contribution is 2.39. The van der Waals surface area contributed by atoms with Crippen LogP contribution in [-0.2, 0) is 0 Å². The van der Waals surface area contributed by atoms with Crippen LogP contribution in [0.4, 0.5) is 0 Å². The lowest BCUT2D eigenvalue weighted by molar-refractivity contribution is 0.340. The molecule has 0 saturated heterocycles. The van der Waals surface area contributed by atoms with Crippen molar-refractivity contribution in [2.45, 2.75) is 46.5 Å². The van der Waals surface area contributed by atoms with E-state index in [-0.39, 0.29) is 5.41 Å². The van der Waals surface area contributed by atoms with E-state index >= 15 is 0 Å². The summed E-state index contributed by atoms with van der Waals surface area (Å²) in [6, 6.07) is 0. The van der Waals surface area contributed by atoms with Crippen LogP contribution in [0.5, 0.6) is 0 Å². The third-order valence-electron chi connectivity index (χ3n) is 2.95. The Hall–Kier alpha value is -0.780. The maximum atomic E-state index is 4.16. The molecule has 80 valence electrons. The van der Waals surface area contributed by atoms with Gasteiger partial charge in [0, 0.05) is 0 Å². The van der Waals surface area contributed by atoms with Crippen LogP contribution in [0.3, 0.4) is 0 Å². The molecular weight excluding hydrogens is 168 g/mol.